The predicted octanol–water partition coefficient (Wildman–Crippen LogP) is 1.87. The molecule has 1 aromatic heterocycles. The molecule has 0 atom stereocenters. The molecule has 1 heterocycles. The molecule has 98 valence electrons. The SMILES string of the molecule is COc1nc(N(C)C)sc1CNCC(F)(F)F. The lowest BCUT2D eigenvalue weighted by Gasteiger charge is -2.07. The summed E-state index contributed by atoms with van der Waals surface area (Å²) < 4.78 is 40.9. The molecule has 1 aromatic rings. The fourth-order valence-electron chi connectivity index (χ4n) is 1.11. The van der Waals surface area contributed by atoms with Crippen LogP contribution in [0.1, 0.15) is 4.88 Å². The number of alkyl halides is 3. The van der Waals surface area contributed by atoms with Gasteiger partial charge >= 0.3 is 6.18 Å². The third kappa shape index (κ3) is 4.39. The van der Waals surface area contributed by atoms with Crippen molar-refractivity contribution in [3.05, 3.63) is 4.88 Å². The zero-order chi connectivity index (χ0) is 13.1. The maximum Gasteiger partial charge on any atom is 0.401 e. The Bertz CT molecular complexity index is 365. The van der Waals surface area contributed by atoms with E-state index in [1.165, 1.54) is 18.4 Å². The minimum atomic E-state index is -4.21. The van der Waals surface area contributed by atoms with Gasteiger partial charge in [0.15, 0.2) is 5.13 Å². The predicted molar refractivity (Wildman–Crippen MR) is 60.8 cm³/mol. The van der Waals surface area contributed by atoms with Gasteiger partial charge in [-0.3, -0.25) is 0 Å². The van der Waals surface area contributed by atoms with Crippen molar-refractivity contribution in [3.63, 3.8) is 0 Å². The molecule has 8 heteroatoms. The van der Waals surface area contributed by atoms with Gasteiger partial charge in [-0.05, 0) is 0 Å². The Balaban J connectivity index is 2.63. The number of methoxy groups -OCH3 is 1. The van der Waals surface area contributed by atoms with Crippen LogP contribution < -0.4 is 15.0 Å². The normalized spacial score (nSPS) is 11.6. The van der Waals surface area contributed by atoms with Crippen LogP contribution in [0.2, 0.25) is 0 Å². The fraction of sp³-hybridized carbons (Fsp3) is 0.667. The second-order valence-corrected chi connectivity index (χ2v) is 4.60. The second kappa shape index (κ2) is 5.54. The van der Waals surface area contributed by atoms with E-state index in [9.17, 15) is 13.2 Å². The summed E-state index contributed by atoms with van der Waals surface area (Å²) in [5.74, 6) is 0.369. The van der Waals surface area contributed by atoms with Crippen molar-refractivity contribution in [1.29, 1.82) is 0 Å². The van der Waals surface area contributed by atoms with Crippen molar-refractivity contribution >= 4 is 16.5 Å². The second-order valence-electron chi connectivity index (χ2n) is 3.54. The molecule has 0 aliphatic rings. The number of hydrogen-bond donors (Lipinski definition) is 1. The highest BCUT2D eigenvalue weighted by Crippen LogP contribution is 2.30. The number of hydrogen-bond acceptors (Lipinski definition) is 5. The Morgan fingerprint density at radius 1 is 1.41 bits per heavy atom. The van der Waals surface area contributed by atoms with Gasteiger partial charge in [-0.2, -0.15) is 18.2 Å². The lowest BCUT2D eigenvalue weighted by molar-refractivity contribution is -0.125. The molecule has 1 rings (SSSR count). The molecule has 4 nitrogen and oxygen atoms in total. The van der Waals surface area contributed by atoms with Crippen LogP contribution in [0.3, 0.4) is 0 Å². The quantitative estimate of drug-likeness (QED) is 0.885. The Labute approximate surface area is 101 Å². The van der Waals surface area contributed by atoms with Crippen molar-refractivity contribution in [2.75, 3.05) is 32.6 Å². The molecule has 0 spiro atoms. The zero-order valence-electron chi connectivity index (χ0n) is 9.76. The molecule has 0 bridgehead atoms. The van der Waals surface area contributed by atoms with E-state index < -0.39 is 12.7 Å². The highest BCUT2D eigenvalue weighted by Gasteiger charge is 2.26. The molecule has 0 fully saturated rings. The number of ether oxygens (including phenoxy) is 1. The summed E-state index contributed by atoms with van der Waals surface area (Å²) in [5, 5.41) is 3.02. The molecule has 0 amide bonds. The monoisotopic (exact) mass is 269 g/mol. The van der Waals surface area contributed by atoms with E-state index >= 15 is 0 Å². The van der Waals surface area contributed by atoms with Gasteiger partial charge in [0, 0.05) is 20.6 Å². The number of nitrogens with zero attached hydrogens (tertiary/aromatic N) is 2. The van der Waals surface area contributed by atoms with Crippen molar-refractivity contribution in [2.45, 2.75) is 12.7 Å². The van der Waals surface area contributed by atoms with Crippen LogP contribution in [-0.2, 0) is 6.54 Å². The first kappa shape index (κ1) is 14.0. The van der Waals surface area contributed by atoms with Crippen LogP contribution in [-0.4, -0.2) is 38.9 Å². The molecule has 0 saturated heterocycles. The van der Waals surface area contributed by atoms with E-state index in [1.54, 1.807) is 4.90 Å². The minimum absolute atomic E-state index is 0.0915. The number of aromatic nitrogens is 1. The molecular formula is C9H14F3N3OS. The Morgan fingerprint density at radius 2 is 2.06 bits per heavy atom. The van der Waals surface area contributed by atoms with Crippen LogP contribution in [0.25, 0.3) is 0 Å². The third-order valence-electron chi connectivity index (χ3n) is 1.84. The number of thiazole rings is 1. The summed E-state index contributed by atoms with van der Waals surface area (Å²) in [6.07, 6.45) is -4.21. The molecule has 1 N–H and O–H groups in total. The summed E-state index contributed by atoms with van der Waals surface area (Å²) >= 11 is 1.30. The summed E-state index contributed by atoms with van der Waals surface area (Å²) in [6.45, 7) is -0.931. The van der Waals surface area contributed by atoms with Crippen molar-refractivity contribution < 1.29 is 17.9 Å². The fourth-order valence-corrected chi connectivity index (χ4v) is 2.03. The molecule has 0 aliphatic heterocycles. The lowest BCUT2D eigenvalue weighted by atomic mass is 10.5. The molecule has 17 heavy (non-hydrogen) atoms. The minimum Gasteiger partial charge on any atom is -0.480 e. The highest BCUT2D eigenvalue weighted by molar-refractivity contribution is 7.15. The number of nitrogens with one attached hydrogen (secondary N) is 1. The first-order valence-corrected chi connectivity index (χ1v) is 5.63. The Hall–Kier alpha value is -1.02. The first-order chi connectivity index (χ1) is 7.83. The molecular weight excluding hydrogens is 255 g/mol. The third-order valence-corrected chi connectivity index (χ3v) is 3.04. The molecule has 0 aliphatic carbocycles. The number of halogens is 3. The van der Waals surface area contributed by atoms with Crippen LogP contribution in [0.5, 0.6) is 5.88 Å². The summed E-state index contributed by atoms with van der Waals surface area (Å²) in [6, 6.07) is 0. The summed E-state index contributed by atoms with van der Waals surface area (Å²) in [4.78, 5) is 6.58. The number of anilines is 1. The average molecular weight is 269 g/mol. The van der Waals surface area contributed by atoms with Gasteiger partial charge in [0.05, 0.1) is 18.5 Å². The van der Waals surface area contributed by atoms with E-state index in [0.29, 0.717) is 15.9 Å². The van der Waals surface area contributed by atoms with Crippen molar-refractivity contribution in [1.82, 2.24) is 10.3 Å². The van der Waals surface area contributed by atoms with Gasteiger partial charge in [0.2, 0.25) is 5.88 Å². The van der Waals surface area contributed by atoms with Crippen LogP contribution in [0.15, 0.2) is 0 Å². The van der Waals surface area contributed by atoms with Crippen molar-refractivity contribution in [3.8, 4) is 5.88 Å². The van der Waals surface area contributed by atoms with Gasteiger partial charge in [0.25, 0.3) is 0 Å². The summed E-state index contributed by atoms with van der Waals surface area (Å²) in [7, 11) is 5.07. The zero-order valence-corrected chi connectivity index (χ0v) is 10.6. The van der Waals surface area contributed by atoms with Gasteiger partial charge in [-0.15, -0.1) is 0 Å². The number of rotatable bonds is 5. The van der Waals surface area contributed by atoms with E-state index in [-0.39, 0.29) is 6.54 Å². The Morgan fingerprint density at radius 3 is 2.53 bits per heavy atom. The smallest absolute Gasteiger partial charge is 0.401 e. The maximum atomic E-state index is 12.0. The highest BCUT2D eigenvalue weighted by atomic mass is 32.1. The van der Waals surface area contributed by atoms with E-state index in [2.05, 4.69) is 10.3 Å². The standard InChI is InChI=1S/C9H14F3N3OS/c1-15(2)8-14-7(16-3)6(17-8)4-13-5-9(10,11)12/h13H,4-5H2,1-3H3. The maximum absolute atomic E-state index is 12.0. The van der Waals surface area contributed by atoms with Gasteiger partial charge in [0.1, 0.15) is 0 Å². The van der Waals surface area contributed by atoms with E-state index in [0.717, 1.165) is 0 Å². The van der Waals surface area contributed by atoms with Gasteiger partial charge < -0.3 is 15.0 Å². The Kier molecular flexibility index (Phi) is 4.58. The molecule has 0 radical (unpaired) electrons. The van der Waals surface area contributed by atoms with Gasteiger partial charge in [-0.1, -0.05) is 11.3 Å². The topological polar surface area (TPSA) is 37.4 Å². The van der Waals surface area contributed by atoms with E-state index in [4.69, 9.17) is 4.74 Å². The molecule has 0 saturated carbocycles. The summed E-state index contributed by atoms with van der Waals surface area (Å²) in [5.41, 5.74) is 0. The van der Waals surface area contributed by atoms with Crippen LogP contribution >= 0.6 is 11.3 Å². The average Bonchev–Trinajstić information content (AvgIpc) is 2.59. The molecule has 0 unspecified atom stereocenters. The van der Waals surface area contributed by atoms with Crippen LogP contribution in [0, 0.1) is 0 Å². The molecule has 0 aromatic carbocycles. The van der Waals surface area contributed by atoms with Crippen LogP contribution in [0.4, 0.5) is 18.3 Å². The lowest BCUT2D eigenvalue weighted by Crippen LogP contribution is -2.28. The van der Waals surface area contributed by atoms with Crippen molar-refractivity contribution in [2.24, 2.45) is 0 Å². The van der Waals surface area contributed by atoms with E-state index in [1.807, 2.05) is 14.1 Å². The van der Waals surface area contributed by atoms with Gasteiger partial charge in [-0.25, -0.2) is 0 Å². The first-order valence-electron chi connectivity index (χ1n) is 4.82. The largest absolute Gasteiger partial charge is 0.480 e.